The molecule has 1 atom stereocenters. The Morgan fingerprint density at radius 3 is 2.18 bits per heavy atom. The van der Waals surface area contributed by atoms with E-state index < -0.39 is 0 Å². The highest BCUT2D eigenvalue weighted by atomic mass is 32.2. The Morgan fingerprint density at radius 2 is 1.39 bits per heavy atom. The van der Waals surface area contributed by atoms with Crippen LogP contribution in [0.5, 0.6) is 0 Å². The number of benzene rings is 6. The van der Waals surface area contributed by atoms with Gasteiger partial charge in [-0.2, -0.15) is 0 Å². The molecule has 0 heterocycles. The maximum Gasteiger partial charge on any atom is 0.122 e. The zero-order valence-electron chi connectivity index (χ0n) is 25.1. The summed E-state index contributed by atoms with van der Waals surface area (Å²) in [5, 5.41) is 19.4. The molecule has 1 nitrogen and oxygen atoms in total. The third-order valence-corrected chi connectivity index (χ3v) is 10.4. The second-order valence-corrected chi connectivity index (χ2v) is 12.9. The highest BCUT2D eigenvalue weighted by Gasteiger charge is 2.29. The molecule has 0 aromatic heterocycles. The van der Waals surface area contributed by atoms with Gasteiger partial charge in [-0.25, -0.2) is 0 Å². The standard InChI is InChI=1S/C42H34OS/c1-26-23-28(30-15-11-12-22-39(30)44-2)25-38(42(26)43)41-35-20-9-7-18-33(35)40(34-19-8-10-21-36(34)41)37-24-27-13-3-4-14-29(27)31-16-5-6-17-32(31)37/h3-7,9-18,20-24,28,43H,8,19,25H2,1-2H3. The van der Waals surface area contributed by atoms with Gasteiger partial charge in [0.15, 0.2) is 0 Å². The minimum atomic E-state index is 0.204. The van der Waals surface area contributed by atoms with E-state index >= 15 is 0 Å². The second kappa shape index (κ2) is 10.9. The Morgan fingerprint density at radius 1 is 0.727 bits per heavy atom. The molecule has 44 heavy (non-hydrogen) atoms. The summed E-state index contributed by atoms with van der Waals surface area (Å²) in [4.78, 5) is 1.30. The number of fused-ring (bicyclic) bond motifs is 5. The number of aliphatic hydroxyl groups is 1. The summed E-state index contributed by atoms with van der Waals surface area (Å²) in [6.07, 6.45) is 11.8. The van der Waals surface area contributed by atoms with E-state index in [4.69, 9.17) is 0 Å². The molecule has 0 fully saturated rings. The van der Waals surface area contributed by atoms with Crippen LogP contribution in [0.25, 0.3) is 55.1 Å². The Labute approximate surface area is 263 Å². The van der Waals surface area contributed by atoms with E-state index in [1.165, 1.54) is 70.6 Å². The van der Waals surface area contributed by atoms with Gasteiger partial charge < -0.3 is 5.11 Å². The first-order valence-corrected chi connectivity index (χ1v) is 16.8. The van der Waals surface area contributed by atoms with Crippen LogP contribution in [-0.2, 0) is 6.42 Å². The van der Waals surface area contributed by atoms with Crippen molar-refractivity contribution in [2.45, 2.75) is 37.0 Å². The van der Waals surface area contributed by atoms with Crippen LogP contribution in [0.3, 0.4) is 0 Å². The van der Waals surface area contributed by atoms with Crippen molar-refractivity contribution in [3.8, 4) is 11.1 Å². The van der Waals surface area contributed by atoms with Crippen molar-refractivity contribution in [2.24, 2.45) is 0 Å². The van der Waals surface area contributed by atoms with E-state index in [0.717, 1.165) is 30.4 Å². The van der Waals surface area contributed by atoms with Crippen LogP contribution in [0, 0.1) is 0 Å². The third-order valence-electron chi connectivity index (χ3n) is 9.62. The zero-order valence-corrected chi connectivity index (χ0v) is 25.9. The van der Waals surface area contributed by atoms with Gasteiger partial charge in [0.05, 0.1) is 0 Å². The molecule has 0 saturated carbocycles. The van der Waals surface area contributed by atoms with Crippen molar-refractivity contribution in [3.63, 3.8) is 0 Å². The highest BCUT2D eigenvalue weighted by molar-refractivity contribution is 7.98. The van der Waals surface area contributed by atoms with Crippen molar-refractivity contribution in [1.29, 1.82) is 0 Å². The lowest BCUT2D eigenvalue weighted by Crippen LogP contribution is -2.11. The van der Waals surface area contributed by atoms with E-state index in [1.807, 2.05) is 0 Å². The van der Waals surface area contributed by atoms with Crippen molar-refractivity contribution in [2.75, 3.05) is 6.26 Å². The van der Waals surface area contributed by atoms with Gasteiger partial charge in [0.25, 0.3) is 0 Å². The fourth-order valence-electron chi connectivity index (χ4n) is 7.67. The van der Waals surface area contributed by atoms with Crippen molar-refractivity contribution < 1.29 is 5.11 Å². The molecule has 0 amide bonds. The molecule has 0 spiro atoms. The van der Waals surface area contributed by atoms with Gasteiger partial charge in [-0.05, 0) is 116 Å². The summed E-state index contributed by atoms with van der Waals surface area (Å²) in [5.74, 6) is 0.633. The Bertz CT molecular complexity index is 2210. The molecule has 6 aromatic rings. The molecule has 2 aliphatic carbocycles. The molecule has 2 aliphatic rings. The Balaban J connectivity index is 1.43. The van der Waals surface area contributed by atoms with Crippen LogP contribution in [0.15, 0.2) is 132 Å². The van der Waals surface area contributed by atoms with Gasteiger partial charge in [0.1, 0.15) is 5.76 Å². The lowest BCUT2D eigenvalue weighted by atomic mass is 9.75. The van der Waals surface area contributed by atoms with Crippen molar-refractivity contribution in [1.82, 2.24) is 0 Å². The van der Waals surface area contributed by atoms with Crippen LogP contribution in [0.2, 0.25) is 0 Å². The molecule has 1 unspecified atom stereocenters. The average Bonchev–Trinajstić information content (AvgIpc) is 3.08. The lowest BCUT2D eigenvalue weighted by Gasteiger charge is -2.29. The average molecular weight is 587 g/mol. The molecule has 0 bridgehead atoms. The first-order chi connectivity index (χ1) is 21.6. The molecule has 2 heteroatoms. The zero-order chi connectivity index (χ0) is 29.8. The van der Waals surface area contributed by atoms with E-state index in [-0.39, 0.29) is 5.92 Å². The summed E-state index contributed by atoms with van der Waals surface area (Å²) in [6.45, 7) is 2.06. The van der Waals surface area contributed by atoms with Crippen LogP contribution >= 0.6 is 11.8 Å². The third kappa shape index (κ3) is 4.24. The molecule has 214 valence electrons. The maximum atomic E-state index is 11.8. The number of rotatable bonds is 4. The molecule has 0 aliphatic heterocycles. The predicted octanol–water partition coefficient (Wildman–Crippen LogP) is 11.9. The lowest BCUT2D eigenvalue weighted by molar-refractivity contribution is 0.420. The fraction of sp³-hybridized carbons (Fsp3) is 0.143. The monoisotopic (exact) mass is 586 g/mol. The second-order valence-electron chi connectivity index (χ2n) is 12.0. The minimum Gasteiger partial charge on any atom is -0.507 e. The normalized spacial score (nSPS) is 16.5. The van der Waals surface area contributed by atoms with Gasteiger partial charge in [0.2, 0.25) is 0 Å². The van der Waals surface area contributed by atoms with Crippen LogP contribution in [0.4, 0.5) is 0 Å². The van der Waals surface area contributed by atoms with Crippen LogP contribution in [0.1, 0.15) is 47.9 Å². The Kier molecular flexibility index (Phi) is 6.69. The van der Waals surface area contributed by atoms with Crippen molar-refractivity contribution >= 4 is 55.7 Å². The Hall–Kier alpha value is -4.53. The molecule has 8 rings (SSSR count). The smallest absolute Gasteiger partial charge is 0.122 e. The van der Waals surface area contributed by atoms with Gasteiger partial charge in [-0.1, -0.05) is 109 Å². The summed E-state index contributed by atoms with van der Waals surface area (Å²) < 4.78 is 0. The molecule has 0 saturated heterocycles. The molecular formula is C42H34OS. The van der Waals surface area contributed by atoms with E-state index in [0.29, 0.717) is 5.76 Å². The van der Waals surface area contributed by atoms with Crippen LogP contribution < -0.4 is 0 Å². The SMILES string of the molecule is CSc1ccccc1C1C=C(C)C(O)=C(c2c3c(c(-c4cc5ccccc5c5ccccc45)c4ccccc24)CCC=C3)C1. The molecule has 0 radical (unpaired) electrons. The number of hydrogen-bond acceptors (Lipinski definition) is 2. The number of aliphatic hydroxyl groups excluding tert-OH is 1. The molecule has 6 aromatic carbocycles. The fourth-order valence-corrected chi connectivity index (χ4v) is 8.34. The first kappa shape index (κ1) is 27.0. The van der Waals surface area contributed by atoms with Gasteiger partial charge >= 0.3 is 0 Å². The number of hydrogen-bond donors (Lipinski definition) is 1. The van der Waals surface area contributed by atoms with Gasteiger partial charge in [-0.15, -0.1) is 11.8 Å². The van der Waals surface area contributed by atoms with Crippen LogP contribution in [-0.4, -0.2) is 11.4 Å². The van der Waals surface area contributed by atoms with Crippen molar-refractivity contribution in [3.05, 3.63) is 149 Å². The maximum absolute atomic E-state index is 11.8. The number of thioether (sulfide) groups is 1. The van der Waals surface area contributed by atoms with Gasteiger partial charge in [0, 0.05) is 16.4 Å². The topological polar surface area (TPSA) is 20.2 Å². The molecular weight excluding hydrogens is 553 g/mol. The van der Waals surface area contributed by atoms with E-state index in [2.05, 4.69) is 135 Å². The summed E-state index contributed by atoms with van der Waals surface area (Å²) in [7, 11) is 0. The summed E-state index contributed by atoms with van der Waals surface area (Å²) in [6, 6.07) is 37.6. The summed E-state index contributed by atoms with van der Waals surface area (Å²) >= 11 is 1.80. The van der Waals surface area contributed by atoms with Gasteiger partial charge in [-0.3, -0.25) is 0 Å². The first-order valence-electron chi connectivity index (χ1n) is 15.5. The minimum absolute atomic E-state index is 0.204. The molecule has 1 N–H and O–H groups in total. The summed E-state index contributed by atoms with van der Waals surface area (Å²) in [5.41, 5.74) is 9.80. The quantitative estimate of drug-likeness (QED) is 0.164. The van der Waals surface area contributed by atoms with E-state index in [1.54, 1.807) is 11.8 Å². The number of allylic oxidation sites excluding steroid dienone is 4. The van der Waals surface area contributed by atoms with E-state index in [9.17, 15) is 5.11 Å². The largest absolute Gasteiger partial charge is 0.507 e. The predicted molar refractivity (Wildman–Crippen MR) is 191 cm³/mol. The highest BCUT2D eigenvalue weighted by Crippen LogP contribution is 2.49.